The van der Waals surface area contributed by atoms with Crippen LogP contribution in [0.4, 0.5) is 0 Å². The Hall–Kier alpha value is -1.81. The Kier molecular flexibility index (Phi) is 3.99. The molecule has 3 nitrogen and oxygen atoms in total. The molecule has 0 unspecified atom stereocenters. The summed E-state index contributed by atoms with van der Waals surface area (Å²) in [5.74, 6) is 0.434. The minimum Gasteiger partial charge on any atom is -0.507 e. The molecule has 0 amide bonds. The molecule has 2 rings (SSSR count). The van der Waals surface area contributed by atoms with E-state index in [9.17, 15) is 9.90 Å². The number of ether oxygens (including phenoxy) is 1. The first-order chi connectivity index (χ1) is 8.70. The second-order valence-corrected chi connectivity index (χ2v) is 4.54. The Morgan fingerprint density at radius 3 is 2.61 bits per heavy atom. The van der Waals surface area contributed by atoms with Crippen molar-refractivity contribution in [1.29, 1.82) is 0 Å². The first-order valence-corrected chi connectivity index (χ1v) is 6.14. The highest BCUT2D eigenvalue weighted by atomic mass is 79.9. The van der Waals surface area contributed by atoms with E-state index in [2.05, 4.69) is 15.9 Å². The Bertz CT molecular complexity index is 552. The third-order valence-electron chi connectivity index (χ3n) is 2.42. The number of aldehydes is 1. The van der Waals surface area contributed by atoms with Gasteiger partial charge in [-0.25, -0.2) is 0 Å². The third kappa shape index (κ3) is 2.90. The highest BCUT2D eigenvalue weighted by Gasteiger charge is 2.09. The number of carbonyl (C=O) groups is 1. The van der Waals surface area contributed by atoms with Crippen LogP contribution in [0.2, 0.25) is 0 Å². The average Bonchev–Trinajstić information content (AvgIpc) is 2.41. The summed E-state index contributed by atoms with van der Waals surface area (Å²) < 4.78 is 6.03. The number of benzene rings is 2. The maximum atomic E-state index is 10.7. The van der Waals surface area contributed by atoms with Crippen LogP contribution >= 0.6 is 15.9 Å². The smallest absolute Gasteiger partial charge is 0.150 e. The highest BCUT2D eigenvalue weighted by molar-refractivity contribution is 9.10. The van der Waals surface area contributed by atoms with Crippen molar-refractivity contribution < 1.29 is 14.6 Å². The van der Waals surface area contributed by atoms with Crippen LogP contribution in [-0.2, 0) is 6.61 Å². The van der Waals surface area contributed by atoms with Crippen molar-refractivity contribution in [3.05, 3.63) is 58.1 Å². The summed E-state index contributed by atoms with van der Waals surface area (Å²) >= 11 is 3.23. The van der Waals surface area contributed by atoms with Gasteiger partial charge in [0.25, 0.3) is 0 Å². The Morgan fingerprint density at radius 2 is 1.94 bits per heavy atom. The first kappa shape index (κ1) is 12.6. The van der Waals surface area contributed by atoms with Crippen LogP contribution in [0, 0.1) is 0 Å². The molecule has 0 spiro atoms. The molecule has 0 saturated carbocycles. The SMILES string of the molecule is O=Cc1cc(O)c(Br)c(OCc2ccccc2)c1. The highest BCUT2D eigenvalue weighted by Crippen LogP contribution is 2.35. The fraction of sp³-hybridized carbons (Fsp3) is 0.0714. The third-order valence-corrected chi connectivity index (χ3v) is 3.21. The maximum Gasteiger partial charge on any atom is 0.150 e. The van der Waals surface area contributed by atoms with Gasteiger partial charge in [0, 0.05) is 5.56 Å². The quantitative estimate of drug-likeness (QED) is 0.879. The van der Waals surface area contributed by atoms with Crippen molar-refractivity contribution in [2.75, 3.05) is 0 Å². The van der Waals surface area contributed by atoms with Crippen molar-refractivity contribution in [2.24, 2.45) is 0 Å². The Morgan fingerprint density at radius 1 is 1.22 bits per heavy atom. The van der Waals surface area contributed by atoms with Gasteiger partial charge in [0.15, 0.2) is 0 Å². The number of hydrogen-bond acceptors (Lipinski definition) is 3. The number of phenolic OH excluding ortho intramolecular Hbond substituents is 1. The predicted molar refractivity (Wildman–Crippen MR) is 72.0 cm³/mol. The summed E-state index contributed by atoms with van der Waals surface area (Å²) in [6.07, 6.45) is 0.668. The minimum absolute atomic E-state index is 0.0114. The summed E-state index contributed by atoms with van der Waals surface area (Å²) in [5.41, 5.74) is 1.39. The number of aromatic hydroxyl groups is 1. The second-order valence-electron chi connectivity index (χ2n) is 3.74. The molecule has 0 aliphatic heterocycles. The molecule has 0 radical (unpaired) electrons. The van der Waals surface area contributed by atoms with E-state index in [-0.39, 0.29) is 5.75 Å². The van der Waals surface area contributed by atoms with Crippen molar-refractivity contribution in [1.82, 2.24) is 0 Å². The van der Waals surface area contributed by atoms with E-state index in [1.54, 1.807) is 6.07 Å². The summed E-state index contributed by atoms with van der Waals surface area (Å²) in [6.45, 7) is 0.376. The van der Waals surface area contributed by atoms with Crippen molar-refractivity contribution in [3.8, 4) is 11.5 Å². The largest absolute Gasteiger partial charge is 0.507 e. The second kappa shape index (κ2) is 5.69. The van der Waals surface area contributed by atoms with Gasteiger partial charge in [-0.05, 0) is 33.6 Å². The summed E-state index contributed by atoms with van der Waals surface area (Å²) in [4.78, 5) is 10.7. The van der Waals surface area contributed by atoms with Crippen molar-refractivity contribution >= 4 is 22.2 Å². The van der Waals surface area contributed by atoms with Gasteiger partial charge in [0.2, 0.25) is 0 Å². The van der Waals surface area contributed by atoms with E-state index < -0.39 is 0 Å². The van der Waals surface area contributed by atoms with E-state index in [0.29, 0.717) is 28.7 Å². The Labute approximate surface area is 113 Å². The molecule has 0 aliphatic rings. The number of hydrogen-bond donors (Lipinski definition) is 1. The zero-order chi connectivity index (χ0) is 13.0. The van der Waals surface area contributed by atoms with E-state index in [1.165, 1.54) is 6.07 Å². The lowest BCUT2D eigenvalue weighted by Gasteiger charge is -2.10. The van der Waals surface area contributed by atoms with Crippen LogP contribution in [-0.4, -0.2) is 11.4 Å². The average molecular weight is 307 g/mol. The van der Waals surface area contributed by atoms with E-state index in [1.807, 2.05) is 30.3 Å². The van der Waals surface area contributed by atoms with Gasteiger partial charge in [-0.15, -0.1) is 0 Å². The lowest BCUT2D eigenvalue weighted by molar-refractivity contribution is 0.112. The molecule has 2 aromatic rings. The molecule has 0 fully saturated rings. The number of rotatable bonds is 4. The Balaban J connectivity index is 2.19. The van der Waals surface area contributed by atoms with Crippen LogP contribution in [0.25, 0.3) is 0 Å². The first-order valence-electron chi connectivity index (χ1n) is 5.35. The molecular weight excluding hydrogens is 296 g/mol. The molecule has 4 heteroatoms. The molecular formula is C14H11BrO3. The summed E-state index contributed by atoms with van der Waals surface area (Å²) in [6, 6.07) is 12.6. The van der Waals surface area contributed by atoms with Gasteiger partial charge >= 0.3 is 0 Å². The molecule has 0 aliphatic carbocycles. The van der Waals surface area contributed by atoms with Crippen LogP contribution in [0.15, 0.2) is 46.9 Å². The van der Waals surface area contributed by atoms with Gasteiger partial charge in [0.05, 0.1) is 0 Å². The monoisotopic (exact) mass is 306 g/mol. The van der Waals surface area contributed by atoms with Crippen molar-refractivity contribution in [3.63, 3.8) is 0 Å². The zero-order valence-electron chi connectivity index (χ0n) is 9.47. The summed E-state index contributed by atoms with van der Waals surface area (Å²) in [5, 5.41) is 9.62. The number of halogens is 1. The molecule has 0 heterocycles. The van der Waals surface area contributed by atoms with Crippen LogP contribution in [0.5, 0.6) is 11.5 Å². The maximum absolute atomic E-state index is 10.7. The molecule has 0 bridgehead atoms. The molecule has 0 saturated heterocycles. The van der Waals surface area contributed by atoms with Gasteiger partial charge in [0.1, 0.15) is 28.9 Å². The van der Waals surface area contributed by atoms with Gasteiger partial charge < -0.3 is 9.84 Å². The summed E-state index contributed by atoms with van der Waals surface area (Å²) in [7, 11) is 0. The molecule has 2 aromatic carbocycles. The fourth-order valence-electron chi connectivity index (χ4n) is 1.51. The standard InChI is InChI=1S/C14H11BrO3/c15-14-12(17)6-11(8-16)7-13(14)18-9-10-4-2-1-3-5-10/h1-8,17H,9H2. The van der Waals surface area contributed by atoms with Gasteiger partial charge in [-0.2, -0.15) is 0 Å². The molecule has 0 atom stereocenters. The van der Waals surface area contributed by atoms with Gasteiger partial charge in [-0.3, -0.25) is 4.79 Å². The lowest BCUT2D eigenvalue weighted by atomic mass is 10.2. The molecule has 18 heavy (non-hydrogen) atoms. The van der Waals surface area contributed by atoms with Crippen LogP contribution in [0.3, 0.4) is 0 Å². The molecule has 0 aromatic heterocycles. The predicted octanol–water partition coefficient (Wildman–Crippen LogP) is 3.55. The lowest BCUT2D eigenvalue weighted by Crippen LogP contribution is -1.96. The number of phenols is 1. The molecule has 1 N–H and O–H groups in total. The normalized spacial score (nSPS) is 10.1. The van der Waals surface area contributed by atoms with E-state index >= 15 is 0 Å². The van der Waals surface area contributed by atoms with Gasteiger partial charge in [-0.1, -0.05) is 30.3 Å². The molecule has 92 valence electrons. The van der Waals surface area contributed by atoms with Crippen LogP contribution in [0.1, 0.15) is 15.9 Å². The number of carbonyl (C=O) groups excluding carboxylic acids is 1. The van der Waals surface area contributed by atoms with E-state index in [4.69, 9.17) is 4.74 Å². The van der Waals surface area contributed by atoms with Crippen molar-refractivity contribution in [2.45, 2.75) is 6.61 Å². The minimum atomic E-state index is -0.0114. The van der Waals surface area contributed by atoms with E-state index in [0.717, 1.165) is 5.56 Å². The zero-order valence-corrected chi connectivity index (χ0v) is 11.1. The van der Waals surface area contributed by atoms with Crippen LogP contribution < -0.4 is 4.74 Å². The topological polar surface area (TPSA) is 46.5 Å². The fourth-order valence-corrected chi connectivity index (χ4v) is 1.86.